The molecule has 0 aliphatic carbocycles. The van der Waals surface area contributed by atoms with E-state index in [9.17, 15) is 14.7 Å². The Hall–Kier alpha value is -1.48. The van der Waals surface area contributed by atoms with Crippen molar-refractivity contribution in [3.8, 4) is 0 Å². The van der Waals surface area contributed by atoms with Gasteiger partial charge in [0.1, 0.15) is 18.3 Å². The first-order valence-corrected chi connectivity index (χ1v) is 5.37. The predicted molar refractivity (Wildman–Crippen MR) is 59.1 cm³/mol. The monoisotopic (exact) mass is 258 g/mol. The van der Waals surface area contributed by atoms with E-state index in [0.717, 1.165) is 10.6 Å². The van der Waals surface area contributed by atoms with Crippen LogP contribution in [0.5, 0.6) is 0 Å². The fourth-order valence-corrected chi connectivity index (χ4v) is 1.98. The molecule has 1 aromatic heterocycles. The van der Waals surface area contributed by atoms with Crippen LogP contribution < -0.4 is 11.2 Å². The first kappa shape index (κ1) is 13.0. The lowest BCUT2D eigenvalue weighted by Gasteiger charge is -2.19. The van der Waals surface area contributed by atoms with Gasteiger partial charge in [-0.2, -0.15) is 0 Å². The lowest BCUT2D eigenvalue weighted by molar-refractivity contribution is -0.0625. The molecule has 1 fully saturated rings. The molecule has 2 rings (SSSR count). The second-order valence-electron chi connectivity index (χ2n) is 3.96. The van der Waals surface area contributed by atoms with Gasteiger partial charge in [-0.25, -0.2) is 4.79 Å². The number of methoxy groups -OCH3 is 1. The van der Waals surface area contributed by atoms with E-state index in [0.29, 0.717) is 0 Å². The Bertz CT molecular complexity index is 524. The molecule has 1 saturated heterocycles. The molecule has 0 amide bonds. The summed E-state index contributed by atoms with van der Waals surface area (Å²) >= 11 is 0. The molecule has 4 unspecified atom stereocenters. The highest BCUT2D eigenvalue weighted by molar-refractivity contribution is 4.93. The standard InChI is InChI=1S/C10H14N2O6/c1-17-8-7(15)5(4-13)18-9(8)12-3-2-6(14)11-10(12)16/h2-3,5,7-9,13,15H,4H2,1H3,(H,11,14,16). The van der Waals surface area contributed by atoms with Gasteiger partial charge < -0.3 is 19.7 Å². The fourth-order valence-electron chi connectivity index (χ4n) is 1.98. The van der Waals surface area contributed by atoms with E-state index in [-0.39, 0.29) is 0 Å². The smallest absolute Gasteiger partial charge is 0.330 e. The van der Waals surface area contributed by atoms with Crippen molar-refractivity contribution in [2.75, 3.05) is 13.7 Å². The zero-order chi connectivity index (χ0) is 13.3. The molecule has 8 nitrogen and oxygen atoms in total. The highest BCUT2D eigenvalue weighted by atomic mass is 16.6. The van der Waals surface area contributed by atoms with E-state index in [4.69, 9.17) is 14.6 Å². The summed E-state index contributed by atoms with van der Waals surface area (Å²) in [4.78, 5) is 24.7. The van der Waals surface area contributed by atoms with Crippen molar-refractivity contribution in [3.63, 3.8) is 0 Å². The molecular weight excluding hydrogens is 244 g/mol. The maximum Gasteiger partial charge on any atom is 0.330 e. The average Bonchev–Trinajstić information content (AvgIpc) is 2.65. The first-order chi connectivity index (χ1) is 8.58. The van der Waals surface area contributed by atoms with Crippen molar-refractivity contribution >= 4 is 0 Å². The van der Waals surface area contributed by atoms with Gasteiger partial charge in [-0.05, 0) is 0 Å². The minimum atomic E-state index is -1.05. The number of aromatic nitrogens is 2. The summed E-state index contributed by atoms with van der Waals surface area (Å²) in [5, 5.41) is 18.9. The number of hydrogen-bond donors (Lipinski definition) is 3. The molecule has 0 radical (unpaired) electrons. The van der Waals surface area contributed by atoms with Crippen LogP contribution in [0.4, 0.5) is 0 Å². The quantitative estimate of drug-likeness (QED) is 0.567. The van der Waals surface area contributed by atoms with Crippen LogP contribution in [0.2, 0.25) is 0 Å². The number of nitrogens with zero attached hydrogens (tertiary/aromatic N) is 1. The Labute approximate surface area is 101 Å². The van der Waals surface area contributed by atoms with Gasteiger partial charge in [-0.15, -0.1) is 0 Å². The molecular formula is C10H14N2O6. The minimum Gasteiger partial charge on any atom is -0.394 e. The molecule has 2 heterocycles. The lowest BCUT2D eigenvalue weighted by Crippen LogP contribution is -2.38. The van der Waals surface area contributed by atoms with Gasteiger partial charge in [0.05, 0.1) is 6.61 Å². The number of aliphatic hydroxyl groups excluding tert-OH is 2. The van der Waals surface area contributed by atoms with Gasteiger partial charge in [0.2, 0.25) is 0 Å². The third-order valence-electron chi connectivity index (χ3n) is 2.89. The largest absolute Gasteiger partial charge is 0.394 e. The van der Waals surface area contributed by atoms with Gasteiger partial charge in [0.25, 0.3) is 5.56 Å². The summed E-state index contributed by atoms with van der Waals surface area (Å²) in [5.41, 5.74) is -1.19. The highest BCUT2D eigenvalue weighted by Crippen LogP contribution is 2.29. The van der Waals surface area contributed by atoms with Crippen LogP contribution in [0, 0.1) is 0 Å². The summed E-state index contributed by atoms with van der Waals surface area (Å²) in [6.45, 7) is -0.393. The Kier molecular flexibility index (Phi) is 3.62. The Morgan fingerprint density at radius 2 is 2.28 bits per heavy atom. The molecule has 0 aromatic carbocycles. The Morgan fingerprint density at radius 1 is 1.56 bits per heavy atom. The van der Waals surface area contributed by atoms with E-state index in [1.807, 2.05) is 0 Å². The molecule has 0 bridgehead atoms. The number of H-pyrrole nitrogens is 1. The predicted octanol–water partition coefficient (Wildman–Crippen LogP) is -2.20. The Balaban J connectivity index is 2.38. The van der Waals surface area contributed by atoms with Gasteiger partial charge in [-0.3, -0.25) is 14.3 Å². The van der Waals surface area contributed by atoms with Crippen LogP contribution in [0.15, 0.2) is 21.9 Å². The van der Waals surface area contributed by atoms with Crippen molar-refractivity contribution in [1.82, 2.24) is 9.55 Å². The summed E-state index contributed by atoms with van der Waals surface area (Å²) in [6, 6.07) is 1.16. The van der Waals surface area contributed by atoms with Crippen LogP contribution in [0.1, 0.15) is 6.23 Å². The van der Waals surface area contributed by atoms with Crippen molar-refractivity contribution < 1.29 is 19.7 Å². The molecule has 0 spiro atoms. The topological polar surface area (TPSA) is 114 Å². The maximum absolute atomic E-state index is 11.6. The number of aromatic amines is 1. The summed E-state index contributed by atoms with van der Waals surface area (Å²) < 4.78 is 11.5. The zero-order valence-electron chi connectivity index (χ0n) is 9.65. The summed E-state index contributed by atoms with van der Waals surface area (Å²) in [7, 11) is 1.36. The molecule has 0 saturated carbocycles. The summed E-state index contributed by atoms with van der Waals surface area (Å²) in [5.74, 6) is 0. The van der Waals surface area contributed by atoms with Crippen molar-refractivity contribution in [3.05, 3.63) is 33.1 Å². The molecule has 1 aliphatic heterocycles. The molecule has 1 aromatic rings. The molecule has 3 N–H and O–H groups in total. The molecule has 100 valence electrons. The van der Waals surface area contributed by atoms with Gasteiger partial charge in [0, 0.05) is 19.4 Å². The third-order valence-corrected chi connectivity index (χ3v) is 2.89. The average molecular weight is 258 g/mol. The number of nitrogens with one attached hydrogen (secondary N) is 1. The van der Waals surface area contributed by atoms with Crippen LogP contribution in [-0.2, 0) is 9.47 Å². The van der Waals surface area contributed by atoms with E-state index >= 15 is 0 Å². The number of rotatable bonds is 3. The van der Waals surface area contributed by atoms with Crippen LogP contribution in [0.25, 0.3) is 0 Å². The zero-order valence-corrected chi connectivity index (χ0v) is 9.65. The van der Waals surface area contributed by atoms with Crippen molar-refractivity contribution in [2.24, 2.45) is 0 Å². The SMILES string of the molecule is COC1C(O)C(CO)OC1n1ccc(=O)[nH]c1=O. The highest BCUT2D eigenvalue weighted by Gasteiger charge is 2.45. The van der Waals surface area contributed by atoms with Crippen LogP contribution >= 0.6 is 0 Å². The fraction of sp³-hybridized carbons (Fsp3) is 0.600. The number of hydrogen-bond acceptors (Lipinski definition) is 6. The van der Waals surface area contributed by atoms with E-state index < -0.39 is 42.4 Å². The van der Waals surface area contributed by atoms with Gasteiger partial charge >= 0.3 is 5.69 Å². The molecule has 1 aliphatic rings. The van der Waals surface area contributed by atoms with Crippen molar-refractivity contribution in [2.45, 2.75) is 24.5 Å². The summed E-state index contributed by atoms with van der Waals surface area (Å²) in [6.07, 6.45) is -2.33. The van der Waals surface area contributed by atoms with E-state index in [2.05, 4.69) is 4.98 Å². The second kappa shape index (κ2) is 5.02. The normalized spacial score (nSPS) is 31.7. The van der Waals surface area contributed by atoms with Crippen LogP contribution in [0.3, 0.4) is 0 Å². The maximum atomic E-state index is 11.6. The van der Waals surface area contributed by atoms with Gasteiger partial charge in [0.15, 0.2) is 6.23 Å². The van der Waals surface area contributed by atoms with Gasteiger partial charge in [-0.1, -0.05) is 0 Å². The van der Waals surface area contributed by atoms with Crippen molar-refractivity contribution in [1.29, 1.82) is 0 Å². The number of aliphatic hydroxyl groups is 2. The van der Waals surface area contributed by atoms with E-state index in [1.54, 1.807) is 0 Å². The molecule has 4 atom stereocenters. The Morgan fingerprint density at radius 3 is 2.83 bits per heavy atom. The third kappa shape index (κ3) is 2.10. The minimum absolute atomic E-state index is 0.393. The molecule has 8 heteroatoms. The van der Waals surface area contributed by atoms with E-state index in [1.165, 1.54) is 13.3 Å². The second-order valence-corrected chi connectivity index (χ2v) is 3.96. The molecule has 18 heavy (non-hydrogen) atoms. The van der Waals surface area contributed by atoms with Crippen LogP contribution in [-0.4, -0.2) is 51.8 Å². The lowest BCUT2D eigenvalue weighted by atomic mass is 10.1. The first-order valence-electron chi connectivity index (χ1n) is 5.37. The number of ether oxygens (including phenoxy) is 2.